The number of carbonyl (C=O) groups excluding carboxylic acids is 1. The van der Waals surface area contributed by atoms with E-state index >= 15 is 0 Å². The fourth-order valence-electron chi connectivity index (χ4n) is 1.56. The molecule has 0 aliphatic heterocycles. The first kappa shape index (κ1) is 16.0. The minimum atomic E-state index is -3.27. The molecule has 0 bridgehead atoms. The zero-order chi connectivity index (χ0) is 14.5. The van der Waals surface area contributed by atoms with E-state index in [2.05, 4.69) is 5.32 Å². The number of hydrogen-bond acceptors (Lipinski definition) is 4. The molecule has 19 heavy (non-hydrogen) atoms. The van der Waals surface area contributed by atoms with E-state index in [9.17, 15) is 13.2 Å². The SMILES string of the molecule is CCS(=O)(=O)CC(=O)N[C@@H](C)c1ccc(SC)cc1. The van der Waals surface area contributed by atoms with E-state index in [0.717, 1.165) is 10.5 Å². The van der Waals surface area contributed by atoms with Crippen molar-refractivity contribution in [3.8, 4) is 0 Å². The second-order valence-corrected chi connectivity index (χ2v) is 7.47. The molecule has 1 rings (SSSR count). The fraction of sp³-hybridized carbons (Fsp3) is 0.462. The molecule has 0 fully saturated rings. The summed E-state index contributed by atoms with van der Waals surface area (Å²) in [5, 5.41) is 2.70. The average Bonchev–Trinajstić information content (AvgIpc) is 2.38. The summed E-state index contributed by atoms with van der Waals surface area (Å²) in [7, 11) is -3.27. The Morgan fingerprint density at radius 1 is 1.32 bits per heavy atom. The molecule has 0 unspecified atom stereocenters. The number of nitrogens with one attached hydrogen (secondary N) is 1. The Morgan fingerprint density at radius 3 is 2.37 bits per heavy atom. The Labute approximate surface area is 118 Å². The van der Waals surface area contributed by atoms with Gasteiger partial charge in [-0.1, -0.05) is 19.1 Å². The maximum atomic E-state index is 11.6. The lowest BCUT2D eigenvalue weighted by Crippen LogP contribution is -2.32. The van der Waals surface area contributed by atoms with Crippen LogP contribution in [-0.4, -0.2) is 32.1 Å². The molecule has 0 radical (unpaired) electrons. The van der Waals surface area contributed by atoms with Crippen molar-refractivity contribution >= 4 is 27.5 Å². The van der Waals surface area contributed by atoms with Gasteiger partial charge in [0.25, 0.3) is 0 Å². The van der Waals surface area contributed by atoms with Crippen LogP contribution in [0.1, 0.15) is 25.5 Å². The van der Waals surface area contributed by atoms with Gasteiger partial charge in [0.2, 0.25) is 5.91 Å². The second-order valence-electron chi connectivity index (χ2n) is 4.24. The highest BCUT2D eigenvalue weighted by atomic mass is 32.2. The Bertz CT molecular complexity index is 523. The van der Waals surface area contributed by atoms with Crippen LogP contribution in [0.4, 0.5) is 0 Å². The van der Waals surface area contributed by atoms with Crippen molar-refractivity contribution in [3.63, 3.8) is 0 Å². The Morgan fingerprint density at radius 2 is 1.89 bits per heavy atom. The first-order chi connectivity index (χ1) is 8.88. The number of hydrogen-bond donors (Lipinski definition) is 1. The van der Waals surface area contributed by atoms with E-state index in [4.69, 9.17) is 0 Å². The first-order valence-electron chi connectivity index (χ1n) is 6.01. The normalized spacial score (nSPS) is 13.0. The molecule has 1 atom stereocenters. The third-order valence-electron chi connectivity index (χ3n) is 2.78. The molecule has 0 saturated heterocycles. The molecule has 1 aromatic rings. The number of carbonyl (C=O) groups is 1. The van der Waals surface area contributed by atoms with Gasteiger partial charge in [-0.15, -0.1) is 11.8 Å². The highest BCUT2D eigenvalue weighted by molar-refractivity contribution is 7.98. The zero-order valence-electron chi connectivity index (χ0n) is 11.3. The molecule has 0 aliphatic rings. The highest BCUT2D eigenvalue weighted by Gasteiger charge is 2.16. The Kier molecular flexibility index (Phi) is 5.87. The van der Waals surface area contributed by atoms with Crippen molar-refractivity contribution in [1.82, 2.24) is 5.32 Å². The smallest absolute Gasteiger partial charge is 0.235 e. The number of sulfone groups is 1. The summed E-state index contributed by atoms with van der Waals surface area (Å²) >= 11 is 1.65. The van der Waals surface area contributed by atoms with Crippen LogP contribution in [0.5, 0.6) is 0 Å². The first-order valence-corrected chi connectivity index (χ1v) is 9.06. The summed E-state index contributed by atoms with van der Waals surface area (Å²) in [6.07, 6.45) is 2.00. The molecule has 1 amide bonds. The van der Waals surface area contributed by atoms with Gasteiger partial charge < -0.3 is 5.32 Å². The lowest BCUT2D eigenvalue weighted by Gasteiger charge is -2.14. The molecule has 106 valence electrons. The third-order valence-corrected chi connectivity index (χ3v) is 5.11. The van der Waals surface area contributed by atoms with Crippen molar-refractivity contribution in [2.75, 3.05) is 17.8 Å². The standard InChI is InChI=1S/C13H19NO3S2/c1-4-19(16,17)9-13(15)14-10(2)11-5-7-12(18-3)8-6-11/h5-8,10H,4,9H2,1-3H3,(H,14,15)/t10-/m0/s1. The molecule has 1 aromatic carbocycles. The predicted octanol–water partition coefficient (Wildman–Crippen LogP) is 2.02. The van der Waals surface area contributed by atoms with Gasteiger partial charge in [0.15, 0.2) is 9.84 Å². The molecular formula is C13H19NO3S2. The number of thioether (sulfide) groups is 1. The number of rotatable bonds is 6. The lowest BCUT2D eigenvalue weighted by atomic mass is 10.1. The summed E-state index contributed by atoms with van der Waals surface area (Å²) in [6.45, 7) is 3.37. The predicted molar refractivity (Wildman–Crippen MR) is 79.1 cm³/mol. The van der Waals surface area contributed by atoms with Crippen LogP contribution in [0, 0.1) is 0 Å². The molecule has 0 saturated carbocycles. The van der Waals surface area contributed by atoms with Crippen molar-refractivity contribution in [3.05, 3.63) is 29.8 Å². The second kappa shape index (κ2) is 6.96. The summed E-state index contributed by atoms with van der Waals surface area (Å²) in [5.41, 5.74) is 0.958. The van der Waals surface area contributed by atoms with Gasteiger partial charge >= 0.3 is 0 Å². The van der Waals surface area contributed by atoms with Crippen molar-refractivity contribution in [1.29, 1.82) is 0 Å². The molecular weight excluding hydrogens is 282 g/mol. The lowest BCUT2D eigenvalue weighted by molar-refractivity contribution is -0.119. The van der Waals surface area contributed by atoms with E-state index in [1.807, 2.05) is 37.4 Å². The van der Waals surface area contributed by atoms with E-state index in [-0.39, 0.29) is 11.8 Å². The molecule has 4 nitrogen and oxygen atoms in total. The van der Waals surface area contributed by atoms with Gasteiger partial charge in [0, 0.05) is 10.6 Å². The molecule has 0 heterocycles. The van der Waals surface area contributed by atoms with E-state index in [1.165, 1.54) is 6.92 Å². The van der Waals surface area contributed by atoms with Crippen LogP contribution in [0.3, 0.4) is 0 Å². The van der Waals surface area contributed by atoms with Crippen molar-refractivity contribution in [2.45, 2.75) is 24.8 Å². The van der Waals surface area contributed by atoms with E-state index < -0.39 is 21.5 Å². The van der Waals surface area contributed by atoms with Crippen LogP contribution in [0.25, 0.3) is 0 Å². The van der Waals surface area contributed by atoms with Gasteiger partial charge in [0.05, 0.1) is 6.04 Å². The number of amides is 1. The molecule has 0 aromatic heterocycles. The molecule has 6 heteroatoms. The fourth-order valence-corrected chi connectivity index (χ4v) is 2.66. The highest BCUT2D eigenvalue weighted by Crippen LogP contribution is 2.18. The minimum absolute atomic E-state index is 0.0166. The minimum Gasteiger partial charge on any atom is -0.349 e. The molecule has 0 spiro atoms. The van der Waals surface area contributed by atoms with Crippen LogP contribution in [0.2, 0.25) is 0 Å². The zero-order valence-corrected chi connectivity index (χ0v) is 13.0. The summed E-state index contributed by atoms with van der Waals surface area (Å²) < 4.78 is 22.7. The van der Waals surface area contributed by atoms with Gasteiger partial charge in [0.1, 0.15) is 5.75 Å². The average molecular weight is 301 g/mol. The summed E-state index contributed by atoms with van der Waals surface area (Å²) in [4.78, 5) is 12.8. The monoisotopic (exact) mass is 301 g/mol. The number of benzene rings is 1. The van der Waals surface area contributed by atoms with Crippen LogP contribution < -0.4 is 5.32 Å². The van der Waals surface area contributed by atoms with Crippen LogP contribution in [0.15, 0.2) is 29.2 Å². The van der Waals surface area contributed by atoms with Gasteiger partial charge in [-0.3, -0.25) is 4.79 Å². The summed E-state index contributed by atoms with van der Waals surface area (Å²) in [5.74, 6) is -0.920. The van der Waals surface area contributed by atoms with Crippen LogP contribution in [-0.2, 0) is 14.6 Å². The third kappa shape index (κ3) is 5.24. The molecule has 0 aliphatic carbocycles. The molecule has 1 N–H and O–H groups in total. The van der Waals surface area contributed by atoms with E-state index in [0.29, 0.717) is 0 Å². The Balaban J connectivity index is 2.63. The summed E-state index contributed by atoms with van der Waals surface area (Å²) in [6, 6.07) is 7.63. The van der Waals surface area contributed by atoms with Gasteiger partial charge in [-0.2, -0.15) is 0 Å². The van der Waals surface area contributed by atoms with Gasteiger partial charge in [-0.25, -0.2) is 8.42 Å². The maximum absolute atomic E-state index is 11.6. The maximum Gasteiger partial charge on any atom is 0.235 e. The quantitative estimate of drug-likeness (QED) is 0.817. The largest absolute Gasteiger partial charge is 0.349 e. The Hall–Kier alpha value is -1.01. The topological polar surface area (TPSA) is 63.2 Å². The van der Waals surface area contributed by atoms with Crippen molar-refractivity contribution in [2.24, 2.45) is 0 Å². The van der Waals surface area contributed by atoms with Crippen molar-refractivity contribution < 1.29 is 13.2 Å². The van der Waals surface area contributed by atoms with Gasteiger partial charge in [-0.05, 0) is 30.9 Å². The van der Waals surface area contributed by atoms with E-state index in [1.54, 1.807) is 11.8 Å². The van der Waals surface area contributed by atoms with Crippen LogP contribution >= 0.6 is 11.8 Å².